The highest BCUT2D eigenvalue weighted by Gasteiger charge is 2.23. The quantitative estimate of drug-likeness (QED) is 0.490. The summed E-state index contributed by atoms with van der Waals surface area (Å²) in [7, 11) is 3.79. The second-order valence-electron chi connectivity index (χ2n) is 8.70. The summed E-state index contributed by atoms with van der Waals surface area (Å²) in [6.45, 7) is 4.32. The van der Waals surface area contributed by atoms with Gasteiger partial charge in [0, 0.05) is 63.7 Å². The number of amides is 2. The van der Waals surface area contributed by atoms with E-state index < -0.39 is 0 Å². The summed E-state index contributed by atoms with van der Waals surface area (Å²) in [5, 5.41) is 2.76. The van der Waals surface area contributed by atoms with Crippen molar-refractivity contribution >= 4 is 39.9 Å². The molecule has 0 aliphatic carbocycles. The lowest BCUT2D eigenvalue weighted by molar-refractivity contribution is -0.127. The molecule has 1 saturated heterocycles. The predicted octanol–water partition coefficient (Wildman–Crippen LogP) is 4.46. The van der Waals surface area contributed by atoms with E-state index in [2.05, 4.69) is 4.98 Å². The van der Waals surface area contributed by atoms with Crippen molar-refractivity contribution in [3.8, 4) is 0 Å². The summed E-state index contributed by atoms with van der Waals surface area (Å²) in [5.74, 6) is 0.569. The van der Waals surface area contributed by atoms with E-state index in [1.807, 2.05) is 53.2 Å². The number of pyridine rings is 1. The number of nitrogens with zero attached hydrogens (tertiary/aromatic N) is 4. The standard InChI is InChI=1S/C25H29FN4O2S/c1-17-9-13-33-23(17)25(32)30(12-5-11-29-10-4-6-22(29)31)16-19-14-18-7-8-20(26)15-21(18)27-24(19)28(2)3/h7-9,13-15H,4-6,10-12,16H2,1-3H3. The molecule has 0 atom stereocenters. The molecule has 0 unspecified atom stereocenters. The van der Waals surface area contributed by atoms with Crippen LogP contribution in [0, 0.1) is 12.7 Å². The molecule has 8 heteroatoms. The van der Waals surface area contributed by atoms with Gasteiger partial charge in [-0.2, -0.15) is 0 Å². The Balaban J connectivity index is 1.62. The van der Waals surface area contributed by atoms with Crippen LogP contribution in [0.2, 0.25) is 0 Å². The molecule has 6 nitrogen and oxygen atoms in total. The zero-order valence-corrected chi connectivity index (χ0v) is 20.1. The minimum absolute atomic E-state index is 0.0147. The minimum atomic E-state index is -0.325. The van der Waals surface area contributed by atoms with Gasteiger partial charge in [0.05, 0.1) is 10.4 Å². The monoisotopic (exact) mass is 468 g/mol. The van der Waals surface area contributed by atoms with Crippen molar-refractivity contribution in [1.29, 1.82) is 0 Å². The number of halogens is 1. The molecule has 1 aliphatic rings. The van der Waals surface area contributed by atoms with Crippen molar-refractivity contribution in [2.24, 2.45) is 0 Å². The number of likely N-dealkylation sites (tertiary alicyclic amines) is 1. The Bertz CT molecular complexity index is 1180. The average molecular weight is 469 g/mol. The van der Waals surface area contributed by atoms with E-state index in [9.17, 15) is 14.0 Å². The maximum atomic E-state index is 13.7. The lowest BCUT2D eigenvalue weighted by Crippen LogP contribution is -2.35. The fourth-order valence-corrected chi connectivity index (χ4v) is 5.16. The van der Waals surface area contributed by atoms with Gasteiger partial charge in [-0.3, -0.25) is 9.59 Å². The lowest BCUT2D eigenvalue weighted by Gasteiger charge is -2.26. The first kappa shape index (κ1) is 23.2. The summed E-state index contributed by atoms with van der Waals surface area (Å²) in [5.41, 5.74) is 2.45. The molecule has 0 bridgehead atoms. The molecule has 1 fully saturated rings. The van der Waals surface area contributed by atoms with E-state index >= 15 is 0 Å². The van der Waals surface area contributed by atoms with Crippen LogP contribution >= 0.6 is 11.3 Å². The summed E-state index contributed by atoms with van der Waals surface area (Å²) in [6.07, 6.45) is 2.24. The van der Waals surface area contributed by atoms with Crippen LogP contribution in [0.25, 0.3) is 10.9 Å². The number of aryl methyl sites for hydroxylation is 1. The summed E-state index contributed by atoms with van der Waals surface area (Å²) >= 11 is 1.45. The molecule has 4 rings (SSSR count). The number of carbonyl (C=O) groups excluding carboxylic acids is 2. The van der Waals surface area contributed by atoms with Crippen LogP contribution in [0.5, 0.6) is 0 Å². The highest BCUT2D eigenvalue weighted by atomic mass is 32.1. The van der Waals surface area contributed by atoms with E-state index in [0.29, 0.717) is 43.8 Å². The topological polar surface area (TPSA) is 56.8 Å². The normalized spacial score (nSPS) is 13.7. The van der Waals surface area contributed by atoms with Crippen molar-refractivity contribution in [3.63, 3.8) is 0 Å². The number of anilines is 1. The largest absolute Gasteiger partial charge is 0.362 e. The van der Waals surface area contributed by atoms with Gasteiger partial charge >= 0.3 is 0 Å². The Morgan fingerprint density at radius 1 is 1.24 bits per heavy atom. The molecular weight excluding hydrogens is 439 g/mol. The molecule has 0 saturated carbocycles. The second-order valence-corrected chi connectivity index (χ2v) is 9.62. The van der Waals surface area contributed by atoms with Crippen LogP contribution in [0.4, 0.5) is 10.2 Å². The molecule has 2 amide bonds. The van der Waals surface area contributed by atoms with Crippen molar-refractivity contribution in [2.45, 2.75) is 32.7 Å². The number of fused-ring (bicyclic) bond motifs is 1. The van der Waals surface area contributed by atoms with Crippen molar-refractivity contribution in [3.05, 3.63) is 57.5 Å². The summed E-state index contributed by atoms with van der Waals surface area (Å²) in [6, 6.07) is 8.51. The van der Waals surface area contributed by atoms with Crippen LogP contribution in [-0.2, 0) is 11.3 Å². The van der Waals surface area contributed by atoms with E-state index in [-0.39, 0.29) is 17.6 Å². The van der Waals surface area contributed by atoms with Gasteiger partial charge in [-0.1, -0.05) is 0 Å². The molecule has 1 aliphatic heterocycles. The molecule has 0 N–H and O–H groups in total. The van der Waals surface area contributed by atoms with Crippen LogP contribution in [-0.4, -0.2) is 60.3 Å². The fourth-order valence-electron chi connectivity index (χ4n) is 4.26. The van der Waals surface area contributed by atoms with Gasteiger partial charge in [0.25, 0.3) is 5.91 Å². The number of hydrogen-bond acceptors (Lipinski definition) is 5. The van der Waals surface area contributed by atoms with E-state index in [1.165, 1.54) is 23.5 Å². The third-order valence-electron chi connectivity index (χ3n) is 5.99. The number of rotatable bonds is 8. The van der Waals surface area contributed by atoms with E-state index in [4.69, 9.17) is 0 Å². The smallest absolute Gasteiger partial charge is 0.264 e. The van der Waals surface area contributed by atoms with Crippen LogP contribution in [0.15, 0.2) is 35.7 Å². The van der Waals surface area contributed by atoms with Crippen LogP contribution in [0.1, 0.15) is 40.1 Å². The van der Waals surface area contributed by atoms with E-state index in [0.717, 1.165) is 34.4 Å². The third-order valence-corrected chi connectivity index (χ3v) is 7.00. The molecule has 174 valence electrons. The first-order valence-electron chi connectivity index (χ1n) is 11.2. The Morgan fingerprint density at radius 2 is 2.06 bits per heavy atom. The highest BCUT2D eigenvalue weighted by molar-refractivity contribution is 7.12. The molecule has 0 radical (unpaired) electrons. The van der Waals surface area contributed by atoms with Gasteiger partial charge < -0.3 is 14.7 Å². The maximum absolute atomic E-state index is 13.7. The van der Waals surface area contributed by atoms with Gasteiger partial charge in [-0.15, -0.1) is 11.3 Å². The van der Waals surface area contributed by atoms with Gasteiger partial charge in [0.1, 0.15) is 11.6 Å². The van der Waals surface area contributed by atoms with Gasteiger partial charge in [-0.05, 0) is 55.0 Å². The van der Waals surface area contributed by atoms with Crippen LogP contribution in [0.3, 0.4) is 0 Å². The average Bonchev–Trinajstić information content (AvgIpc) is 3.39. The molecule has 3 heterocycles. The number of hydrogen-bond donors (Lipinski definition) is 0. The molecule has 1 aromatic carbocycles. The zero-order chi connectivity index (χ0) is 23.5. The van der Waals surface area contributed by atoms with E-state index in [1.54, 1.807) is 6.07 Å². The number of carbonyl (C=O) groups is 2. The Morgan fingerprint density at radius 3 is 2.73 bits per heavy atom. The SMILES string of the molecule is Cc1ccsc1C(=O)N(CCCN1CCCC1=O)Cc1cc2ccc(F)cc2nc1N(C)C. The minimum Gasteiger partial charge on any atom is -0.362 e. The van der Waals surface area contributed by atoms with Crippen LogP contribution < -0.4 is 4.90 Å². The lowest BCUT2D eigenvalue weighted by atomic mass is 10.1. The molecule has 2 aromatic heterocycles. The predicted molar refractivity (Wildman–Crippen MR) is 130 cm³/mol. The first-order valence-corrected chi connectivity index (χ1v) is 12.1. The zero-order valence-electron chi connectivity index (χ0n) is 19.3. The number of aromatic nitrogens is 1. The molecule has 0 spiro atoms. The van der Waals surface area contributed by atoms with Gasteiger partial charge in [0.2, 0.25) is 5.91 Å². The van der Waals surface area contributed by atoms with Gasteiger partial charge in [-0.25, -0.2) is 9.37 Å². The van der Waals surface area contributed by atoms with Crippen molar-refractivity contribution in [1.82, 2.24) is 14.8 Å². The number of thiophene rings is 1. The Labute approximate surface area is 197 Å². The molecular formula is C25H29FN4O2S. The maximum Gasteiger partial charge on any atom is 0.264 e. The summed E-state index contributed by atoms with van der Waals surface area (Å²) in [4.78, 5) is 36.5. The molecule has 3 aromatic rings. The van der Waals surface area contributed by atoms with Crippen molar-refractivity contribution < 1.29 is 14.0 Å². The highest BCUT2D eigenvalue weighted by Crippen LogP contribution is 2.26. The summed E-state index contributed by atoms with van der Waals surface area (Å²) < 4.78 is 13.7. The van der Waals surface area contributed by atoms with Gasteiger partial charge in [0.15, 0.2) is 0 Å². The first-order chi connectivity index (χ1) is 15.8. The molecule has 33 heavy (non-hydrogen) atoms. The Kier molecular flexibility index (Phi) is 6.93. The fraction of sp³-hybridized carbons (Fsp3) is 0.400. The Hall–Kier alpha value is -3.00. The second kappa shape index (κ2) is 9.87. The number of benzene rings is 1. The third kappa shape index (κ3) is 5.16. The van der Waals surface area contributed by atoms with Crippen molar-refractivity contribution in [2.75, 3.05) is 38.6 Å².